The lowest BCUT2D eigenvalue weighted by Gasteiger charge is -2.10. The van der Waals surface area contributed by atoms with E-state index in [0.29, 0.717) is 0 Å². The number of aromatic nitrogens is 8. The number of nitrogens with zero attached hydrogens (tertiary/aromatic N) is 8. The van der Waals surface area contributed by atoms with Gasteiger partial charge in [-0.15, -0.1) is 45.3 Å². The number of hydrogen-bond acceptors (Lipinski definition) is 10. The van der Waals surface area contributed by atoms with Gasteiger partial charge < -0.3 is 9.13 Å². The Kier molecular flexibility index (Phi) is 17.5. The molecule has 16 aromatic carbocycles. The fourth-order valence-corrected chi connectivity index (χ4v) is 21.6. The first-order chi connectivity index (χ1) is 59.5. The molecule has 25 aromatic rings. The van der Waals surface area contributed by atoms with E-state index in [1.54, 1.807) is 34.0 Å². The molecule has 562 valence electrons. The van der Waals surface area contributed by atoms with Gasteiger partial charge in [0.15, 0.2) is 17.5 Å². The van der Waals surface area contributed by atoms with Crippen LogP contribution in [0, 0.1) is 0 Å². The van der Waals surface area contributed by atoms with E-state index in [1.165, 1.54) is 122 Å². The van der Waals surface area contributed by atoms with Gasteiger partial charge in [-0.2, -0.15) is 0 Å². The van der Waals surface area contributed by atoms with Gasteiger partial charge in [0.1, 0.15) is 14.5 Å². The maximum Gasteiger partial charge on any atom is 0.161 e. The molecule has 8 nitrogen and oxygen atoms in total. The average molecular weight is 1600 g/mol. The molecule has 0 aliphatic rings. The van der Waals surface area contributed by atoms with Crippen molar-refractivity contribution >= 4 is 170 Å². The van der Waals surface area contributed by atoms with Crippen molar-refractivity contribution < 1.29 is 0 Å². The lowest BCUT2D eigenvalue weighted by atomic mass is 9.98. The zero-order chi connectivity index (χ0) is 79.1. The minimum absolute atomic E-state index is 0.746. The molecule has 0 fully saturated rings. The van der Waals surface area contributed by atoms with Gasteiger partial charge >= 0.3 is 0 Å². The van der Waals surface area contributed by atoms with Gasteiger partial charge in [-0.1, -0.05) is 303 Å². The minimum atomic E-state index is 0.746. The summed E-state index contributed by atoms with van der Waals surface area (Å²) in [7, 11) is 0. The average Bonchev–Trinajstić information content (AvgIpc) is 1.60. The summed E-state index contributed by atoms with van der Waals surface area (Å²) in [5.74, 6) is 2.25. The molecule has 0 spiro atoms. The molecule has 25 rings (SSSR count). The van der Waals surface area contributed by atoms with Gasteiger partial charge in [-0.25, -0.2) is 29.9 Å². The summed E-state index contributed by atoms with van der Waals surface area (Å²) in [5, 5.41) is 14.7. The molecule has 0 N–H and O–H groups in total. The summed E-state index contributed by atoms with van der Waals surface area (Å²) in [4.78, 5) is 33.7. The highest BCUT2D eigenvalue weighted by Gasteiger charge is 2.23. The van der Waals surface area contributed by atoms with E-state index >= 15 is 0 Å². The maximum atomic E-state index is 5.17. The van der Waals surface area contributed by atoms with Crippen molar-refractivity contribution in [2.75, 3.05) is 0 Å². The normalized spacial score (nSPS) is 11.7. The zero-order valence-electron chi connectivity index (χ0n) is 64.3. The summed E-state index contributed by atoms with van der Waals surface area (Å²) in [6.07, 6.45) is 0. The number of rotatable bonds is 10. The summed E-state index contributed by atoms with van der Waals surface area (Å²) in [5.41, 5.74) is 21.2. The second-order valence-electron chi connectivity index (χ2n) is 29.9. The van der Waals surface area contributed by atoms with Crippen LogP contribution in [0.5, 0.6) is 0 Å². The van der Waals surface area contributed by atoms with E-state index in [2.05, 4.69) is 391 Å². The van der Waals surface area contributed by atoms with Crippen LogP contribution in [0.2, 0.25) is 0 Å². The Morgan fingerprint density at radius 3 is 0.900 bits per heavy atom. The van der Waals surface area contributed by atoms with Crippen molar-refractivity contribution in [1.29, 1.82) is 0 Å². The van der Waals surface area contributed by atoms with Gasteiger partial charge in [0.2, 0.25) is 0 Å². The third kappa shape index (κ3) is 12.4. The standard InChI is InChI=1S/C40H25N3S.C34H21N3S.C34H20N2S2/c1-3-11-27(12-4-1)38-37-32-16-8-10-18-36(32)44-40(37)42-39(41-38)28-21-19-26(20-22-28)29-23-24-35-33(25-29)31-15-7-9-17-34(31)43(35)30-13-5-2-6-14-30;1-2-10-22(11-3-1)32-31-27-14-6-9-17-30(27)38-34(31)36-33(35-32)23-18-20-24(21-19-23)37-28-15-7-4-12-25(28)26-13-5-8-16-29(26)37;1-2-9-22(10-3-1)32-31-26-12-5-7-15-28(26)38-34(31)36-33(35-32)23-19-17-21(18-20-23)24-13-8-16-29-30(24)25-11-4-6-14-27(25)37-29/h1-25H;1-21H;1-20H. The van der Waals surface area contributed by atoms with E-state index < -0.39 is 0 Å². The molecule has 0 radical (unpaired) electrons. The van der Waals surface area contributed by atoms with Crippen molar-refractivity contribution in [3.8, 4) is 102 Å². The largest absolute Gasteiger partial charge is 0.309 e. The fourth-order valence-electron chi connectivity index (χ4n) is 17.3. The van der Waals surface area contributed by atoms with Crippen LogP contribution in [0.3, 0.4) is 0 Å². The van der Waals surface area contributed by atoms with Crippen LogP contribution in [0.25, 0.3) is 226 Å². The third-order valence-corrected chi connectivity index (χ3v) is 27.2. The van der Waals surface area contributed by atoms with Crippen LogP contribution in [-0.2, 0) is 0 Å². The van der Waals surface area contributed by atoms with Crippen molar-refractivity contribution in [2.45, 2.75) is 0 Å². The fraction of sp³-hybridized carbons (Fsp3) is 0. The van der Waals surface area contributed by atoms with E-state index in [9.17, 15) is 0 Å². The molecule has 0 amide bonds. The first-order valence-corrected chi connectivity index (χ1v) is 43.3. The number of fused-ring (bicyclic) bond motifs is 18. The van der Waals surface area contributed by atoms with Crippen molar-refractivity contribution in [1.82, 2.24) is 39.0 Å². The molecule has 9 aromatic heterocycles. The summed E-state index contributed by atoms with van der Waals surface area (Å²) in [6.45, 7) is 0. The van der Waals surface area contributed by atoms with Crippen LogP contribution in [0.15, 0.2) is 400 Å². The van der Waals surface area contributed by atoms with Crippen LogP contribution in [0.1, 0.15) is 0 Å². The second kappa shape index (κ2) is 29.8. The summed E-state index contributed by atoms with van der Waals surface area (Å²) >= 11 is 7.04. The SMILES string of the molecule is c1ccc(-c2nc(-c3ccc(-c4ccc5c(c4)c4ccccc4n5-c4ccccc4)cc3)nc3sc4ccccc4c23)cc1.c1ccc(-c2nc(-c3ccc(-c4cccc5sc6ccccc6c45)cc3)nc3sc4ccccc4c23)cc1.c1ccc(-c2nc(-c3ccc(-n4c5ccccc5c5ccccc54)cc3)nc3sc4ccccc4c23)cc1. The lowest BCUT2D eigenvalue weighted by Crippen LogP contribution is -1.96. The van der Waals surface area contributed by atoms with E-state index in [1.807, 2.05) is 29.5 Å². The minimum Gasteiger partial charge on any atom is -0.309 e. The second-order valence-corrected chi connectivity index (χ2v) is 34.1. The molecule has 9 heterocycles. The van der Waals surface area contributed by atoms with Gasteiger partial charge in [0.25, 0.3) is 0 Å². The number of hydrogen-bond donors (Lipinski definition) is 0. The molecule has 12 heteroatoms. The molecule has 0 aliphatic carbocycles. The molecular weight excluding hydrogens is 1540 g/mol. The lowest BCUT2D eigenvalue weighted by molar-refractivity contribution is 1.17. The van der Waals surface area contributed by atoms with Gasteiger partial charge in [-0.3, -0.25) is 0 Å². The Labute approximate surface area is 705 Å². The van der Waals surface area contributed by atoms with Crippen molar-refractivity contribution in [3.05, 3.63) is 400 Å². The zero-order valence-corrected chi connectivity index (χ0v) is 67.6. The van der Waals surface area contributed by atoms with Crippen molar-refractivity contribution in [2.24, 2.45) is 0 Å². The van der Waals surface area contributed by atoms with Gasteiger partial charge in [-0.05, 0) is 119 Å². The van der Waals surface area contributed by atoms with Crippen LogP contribution < -0.4 is 0 Å². The van der Waals surface area contributed by atoms with E-state index in [-0.39, 0.29) is 0 Å². The highest BCUT2D eigenvalue weighted by atomic mass is 32.1. The predicted molar refractivity (Wildman–Crippen MR) is 510 cm³/mol. The van der Waals surface area contributed by atoms with Crippen LogP contribution in [-0.4, -0.2) is 39.0 Å². The van der Waals surface area contributed by atoms with E-state index in [4.69, 9.17) is 29.9 Å². The summed E-state index contributed by atoms with van der Waals surface area (Å²) in [6, 6.07) is 141. The van der Waals surface area contributed by atoms with Crippen LogP contribution >= 0.6 is 45.3 Å². The molecule has 0 saturated heterocycles. The van der Waals surface area contributed by atoms with Crippen LogP contribution in [0.4, 0.5) is 0 Å². The molecule has 0 unspecified atom stereocenters. The molecule has 0 bridgehead atoms. The Hall–Kier alpha value is -14.8. The number of para-hydroxylation sites is 4. The molecule has 120 heavy (non-hydrogen) atoms. The number of thiophene rings is 4. The van der Waals surface area contributed by atoms with E-state index in [0.717, 1.165) is 104 Å². The predicted octanol–water partition coefficient (Wildman–Crippen LogP) is 30.4. The first-order valence-electron chi connectivity index (χ1n) is 40.0. The quantitative estimate of drug-likeness (QED) is 0.136. The highest BCUT2D eigenvalue weighted by molar-refractivity contribution is 7.27. The Bertz CT molecular complexity index is 8200. The monoisotopic (exact) mass is 1600 g/mol. The molecule has 0 saturated carbocycles. The van der Waals surface area contributed by atoms with Gasteiger partial charge in [0.05, 0.1) is 39.1 Å². The molecular formula is C108H66N8S4. The van der Waals surface area contributed by atoms with Gasteiger partial charge in [0, 0.05) is 133 Å². The van der Waals surface area contributed by atoms with Crippen molar-refractivity contribution in [3.63, 3.8) is 0 Å². The first kappa shape index (κ1) is 70.6. The third-order valence-electron chi connectivity index (χ3n) is 22.8. The Morgan fingerprint density at radius 1 is 0.175 bits per heavy atom. The topological polar surface area (TPSA) is 87.2 Å². The highest BCUT2D eigenvalue weighted by Crippen LogP contribution is 2.46. The smallest absolute Gasteiger partial charge is 0.161 e. The molecule has 0 aliphatic heterocycles. The Morgan fingerprint density at radius 2 is 0.475 bits per heavy atom. The summed E-state index contributed by atoms with van der Waals surface area (Å²) < 4.78 is 11.0. The Balaban J connectivity index is 0.000000105. The maximum absolute atomic E-state index is 5.17. The number of benzene rings is 16. The molecule has 0 atom stereocenters.